The van der Waals surface area contributed by atoms with Crippen LogP contribution in [0.1, 0.15) is 38.3 Å². The average Bonchev–Trinajstić information content (AvgIpc) is 2.66. The maximum Gasteiger partial charge on any atom is 0.0492 e. The molecule has 0 bridgehead atoms. The molecule has 3 heteroatoms. The molecule has 0 radical (unpaired) electrons. The number of nitrogens with one attached hydrogen (secondary N) is 1. The Morgan fingerprint density at radius 3 is 3.13 bits per heavy atom. The van der Waals surface area contributed by atoms with Gasteiger partial charge < -0.3 is 5.32 Å². The Morgan fingerprint density at radius 2 is 2.47 bits per heavy atom. The largest absolute Gasteiger partial charge is 0.316 e. The van der Waals surface area contributed by atoms with Crippen molar-refractivity contribution in [2.75, 3.05) is 13.1 Å². The van der Waals surface area contributed by atoms with Gasteiger partial charge in [0.25, 0.3) is 0 Å². The molecule has 15 heavy (non-hydrogen) atoms. The van der Waals surface area contributed by atoms with Gasteiger partial charge in [0.15, 0.2) is 0 Å². The Bertz CT molecular complexity index is 298. The first-order chi connectivity index (χ1) is 7.27. The van der Waals surface area contributed by atoms with E-state index in [9.17, 15) is 0 Å². The van der Waals surface area contributed by atoms with Crippen LogP contribution in [0.4, 0.5) is 0 Å². The maximum atomic E-state index is 4.42. The molecule has 2 rings (SSSR count). The van der Waals surface area contributed by atoms with Crippen molar-refractivity contribution >= 4 is 0 Å². The number of hydrogen-bond acceptors (Lipinski definition) is 2. The molecule has 1 saturated heterocycles. The summed E-state index contributed by atoms with van der Waals surface area (Å²) in [6, 6.07) is 2.18. The van der Waals surface area contributed by atoms with Crippen LogP contribution in [-0.2, 0) is 6.54 Å². The van der Waals surface area contributed by atoms with Gasteiger partial charge >= 0.3 is 0 Å². The summed E-state index contributed by atoms with van der Waals surface area (Å²) in [5, 5.41) is 7.88. The van der Waals surface area contributed by atoms with E-state index in [0.717, 1.165) is 13.1 Å². The Morgan fingerprint density at radius 1 is 1.60 bits per heavy atom. The smallest absolute Gasteiger partial charge is 0.0492 e. The third-order valence-corrected chi connectivity index (χ3v) is 3.00. The standard InChI is InChI=1S/C12H21N3/c1-10(2)9-15-12(5-7-14-15)11-4-3-6-13-8-11/h5,7,10-11,13H,3-4,6,8-9H2,1-2H3. The fourth-order valence-corrected chi connectivity index (χ4v) is 2.29. The molecule has 0 saturated carbocycles. The van der Waals surface area contributed by atoms with Gasteiger partial charge in [-0.3, -0.25) is 4.68 Å². The first kappa shape index (κ1) is 10.7. The number of aromatic nitrogens is 2. The van der Waals surface area contributed by atoms with Gasteiger partial charge in [-0.1, -0.05) is 13.8 Å². The van der Waals surface area contributed by atoms with E-state index in [1.165, 1.54) is 25.1 Å². The minimum atomic E-state index is 0.667. The molecule has 1 aliphatic rings. The normalized spacial score (nSPS) is 22.2. The van der Waals surface area contributed by atoms with Crippen LogP contribution < -0.4 is 5.32 Å². The van der Waals surface area contributed by atoms with Gasteiger partial charge in [0.05, 0.1) is 0 Å². The van der Waals surface area contributed by atoms with Crippen molar-refractivity contribution in [3.8, 4) is 0 Å². The molecule has 1 N–H and O–H groups in total. The van der Waals surface area contributed by atoms with Crippen LogP contribution in [0.3, 0.4) is 0 Å². The zero-order valence-electron chi connectivity index (χ0n) is 9.74. The van der Waals surface area contributed by atoms with Crippen molar-refractivity contribution in [1.29, 1.82) is 0 Å². The van der Waals surface area contributed by atoms with Crippen LogP contribution in [0.15, 0.2) is 12.3 Å². The van der Waals surface area contributed by atoms with Crippen molar-refractivity contribution in [3.05, 3.63) is 18.0 Å². The van der Waals surface area contributed by atoms with E-state index in [1.807, 2.05) is 6.20 Å². The molecule has 2 heterocycles. The van der Waals surface area contributed by atoms with Crippen LogP contribution in [0.2, 0.25) is 0 Å². The van der Waals surface area contributed by atoms with E-state index >= 15 is 0 Å². The zero-order chi connectivity index (χ0) is 10.7. The van der Waals surface area contributed by atoms with Crippen molar-refractivity contribution in [2.24, 2.45) is 5.92 Å². The fourth-order valence-electron chi connectivity index (χ4n) is 2.29. The number of rotatable bonds is 3. The number of hydrogen-bond donors (Lipinski definition) is 1. The minimum Gasteiger partial charge on any atom is -0.316 e. The monoisotopic (exact) mass is 207 g/mol. The van der Waals surface area contributed by atoms with Gasteiger partial charge in [-0.2, -0.15) is 5.10 Å². The van der Waals surface area contributed by atoms with Gasteiger partial charge in [-0.15, -0.1) is 0 Å². The summed E-state index contributed by atoms with van der Waals surface area (Å²) in [6.45, 7) is 7.81. The Hall–Kier alpha value is -0.830. The van der Waals surface area contributed by atoms with Crippen molar-refractivity contribution in [1.82, 2.24) is 15.1 Å². The predicted octanol–water partition coefficient (Wildman–Crippen LogP) is 2.01. The topological polar surface area (TPSA) is 29.9 Å². The lowest BCUT2D eigenvalue weighted by Crippen LogP contribution is -2.30. The summed E-state index contributed by atoms with van der Waals surface area (Å²) in [4.78, 5) is 0. The molecule has 84 valence electrons. The van der Waals surface area contributed by atoms with Crippen molar-refractivity contribution in [3.63, 3.8) is 0 Å². The zero-order valence-corrected chi connectivity index (χ0v) is 9.74. The minimum absolute atomic E-state index is 0.667. The highest BCUT2D eigenvalue weighted by Gasteiger charge is 2.18. The molecular formula is C12H21N3. The Kier molecular flexibility index (Phi) is 3.41. The second-order valence-electron chi connectivity index (χ2n) is 4.88. The molecule has 0 amide bonds. The second-order valence-corrected chi connectivity index (χ2v) is 4.88. The quantitative estimate of drug-likeness (QED) is 0.821. The Balaban J connectivity index is 2.09. The van der Waals surface area contributed by atoms with E-state index in [4.69, 9.17) is 0 Å². The summed E-state index contributed by atoms with van der Waals surface area (Å²) < 4.78 is 2.18. The van der Waals surface area contributed by atoms with Gasteiger partial charge in [-0.25, -0.2) is 0 Å². The highest BCUT2D eigenvalue weighted by atomic mass is 15.3. The summed E-state index contributed by atoms with van der Waals surface area (Å²) >= 11 is 0. The van der Waals surface area contributed by atoms with E-state index in [0.29, 0.717) is 11.8 Å². The van der Waals surface area contributed by atoms with Crippen LogP contribution in [0, 0.1) is 5.92 Å². The molecule has 1 aromatic heterocycles. The van der Waals surface area contributed by atoms with Gasteiger partial charge in [0.2, 0.25) is 0 Å². The molecule has 1 fully saturated rings. The fraction of sp³-hybridized carbons (Fsp3) is 0.750. The van der Waals surface area contributed by atoms with E-state index in [-0.39, 0.29) is 0 Å². The van der Waals surface area contributed by atoms with Crippen LogP contribution in [0.25, 0.3) is 0 Å². The van der Waals surface area contributed by atoms with E-state index in [1.54, 1.807) is 0 Å². The lowest BCUT2D eigenvalue weighted by molar-refractivity contribution is 0.408. The third kappa shape index (κ3) is 2.59. The van der Waals surface area contributed by atoms with E-state index in [2.05, 4.69) is 35.0 Å². The highest BCUT2D eigenvalue weighted by molar-refractivity contribution is 5.09. The SMILES string of the molecule is CC(C)Cn1nccc1C1CCCNC1. The molecule has 3 nitrogen and oxygen atoms in total. The molecule has 0 spiro atoms. The maximum absolute atomic E-state index is 4.42. The molecular weight excluding hydrogens is 186 g/mol. The van der Waals surface area contributed by atoms with Crippen LogP contribution in [-0.4, -0.2) is 22.9 Å². The second kappa shape index (κ2) is 4.79. The molecule has 1 unspecified atom stereocenters. The first-order valence-corrected chi connectivity index (χ1v) is 6.00. The molecule has 1 atom stereocenters. The molecule has 0 aliphatic carbocycles. The van der Waals surface area contributed by atoms with Crippen LogP contribution >= 0.6 is 0 Å². The number of piperidine rings is 1. The van der Waals surface area contributed by atoms with Gasteiger partial charge in [-0.05, 0) is 31.4 Å². The summed E-state index contributed by atoms with van der Waals surface area (Å²) in [6.07, 6.45) is 4.53. The average molecular weight is 207 g/mol. The molecule has 1 aliphatic heterocycles. The Labute approximate surface area is 91.9 Å². The van der Waals surface area contributed by atoms with E-state index < -0.39 is 0 Å². The van der Waals surface area contributed by atoms with Crippen molar-refractivity contribution < 1.29 is 0 Å². The summed E-state index contributed by atoms with van der Waals surface area (Å²) in [5.74, 6) is 1.33. The highest BCUT2D eigenvalue weighted by Crippen LogP contribution is 2.23. The first-order valence-electron chi connectivity index (χ1n) is 6.00. The van der Waals surface area contributed by atoms with Crippen molar-refractivity contribution in [2.45, 2.75) is 39.2 Å². The molecule has 0 aromatic carbocycles. The molecule has 1 aromatic rings. The van der Waals surface area contributed by atoms with Crippen LogP contribution in [0.5, 0.6) is 0 Å². The van der Waals surface area contributed by atoms with Gasteiger partial charge in [0, 0.05) is 30.9 Å². The lowest BCUT2D eigenvalue weighted by atomic mass is 9.96. The summed E-state index contributed by atoms with van der Waals surface area (Å²) in [5.41, 5.74) is 1.41. The summed E-state index contributed by atoms with van der Waals surface area (Å²) in [7, 11) is 0. The third-order valence-electron chi connectivity index (χ3n) is 3.00. The predicted molar refractivity (Wildman–Crippen MR) is 61.9 cm³/mol. The number of nitrogens with zero attached hydrogens (tertiary/aromatic N) is 2. The lowest BCUT2D eigenvalue weighted by Gasteiger charge is -2.24. The van der Waals surface area contributed by atoms with Gasteiger partial charge in [0.1, 0.15) is 0 Å².